The quantitative estimate of drug-likeness (QED) is 0.515. The first-order valence-corrected chi connectivity index (χ1v) is 4.38. The van der Waals surface area contributed by atoms with Crippen molar-refractivity contribution in [2.75, 3.05) is 13.1 Å². The van der Waals surface area contributed by atoms with Crippen LogP contribution in [0.4, 0.5) is 0 Å². The zero-order valence-corrected chi connectivity index (χ0v) is 8.44. The molecule has 0 aromatic rings. The first-order valence-electron chi connectivity index (χ1n) is 4.38. The van der Waals surface area contributed by atoms with Crippen molar-refractivity contribution >= 4 is 5.97 Å². The van der Waals surface area contributed by atoms with E-state index in [9.17, 15) is 4.79 Å². The van der Waals surface area contributed by atoms with E-state index in [-0.39, 0.29) is 11.6 Å². The van der Waals surface area contributed by atoms with Crippen LogP contribution in [0.2, 0.25) is 0 Å². The minimum absolute atomic E-state index is 0.136. The SMILES string of the molecule is CCNCCC(=O)OC(C)(C)C. The van der Waals surface area contributed by atoms with Gasteiger partial charge in [-0.05, 0) is 27.3 Å². The van der Waals surface area contributed by atoms with Crippen LogP contribution in [-0.4, -0.2) is 24.7 Å². The molecule has 0 unspecified atom stereocenters. The van der Waals surface area contributed by atoms with E-state index in [0.29, 0.717) is 13.0 Å². The van der Waals surface area contributed by atoms with Crippen LogP contribution in [0.5, 0.6) is 0 Å². The van der Waals surface area contributed by atoms with Crippen LogP contribution >= 0.6 is 0 Å². The Labute approximate surface area is 74.5 Å². The molecule has 0 bridgehead atoms. The highest BCUT2D eigenvalue weighted by Gasteiger charge is 2.15. The molecule has 0 heterocycles. The van der Waals surface area contributed by atoms with Crippen molar-refractivity contribution in [2.45, 2.75) is 39.7 Å². The van der Waals surface area contributed by atoms with Gasteiger partial charge in [-0.25, -0.2) is 0 Å². The summed E-state index contributed by atoms with van der Waals surface area (Å²) in [4.78, 5) is 11.1. The van der Waals surface area contributed by atoms with Gasteiger partial charge in [0.15, 0.2) is 0 Å². The summed E-state index contributed by atoms with van der Waals surface area (Å²) < 4.78 is 5.11. The van der Waals surface area contributed by atoms with Crippen LogP contribution in [0.15, 0.2) is 0 Å². The molecule has 0 saturated heterocycles. The Morgan fingerprint density at radius 2 is 2.00 bits per heavy atom. The standard InChI is InChI=1S/C9H19NO2/c1-5-10-7-6-8(11)12-9(2,3)4/h10H,5-7H2,1-4H3. The second-order valence-electron chi connectivity index (χ2n) is 3.69. The smallest absolute Gasteiger partial charge is 0.307 e. The van der Waals surface area contributed by atoms with Gasteiger partial charge in [0, 0.05) is 6.54 Å². The number of hydrogen-bond donors (Lipinski definition) is 1. The van der Waals surface area contributed by atoms with E-state index in [4.69, 9.17) is 4.74 Å². The van der Waals surface area contributed by atoms with Crippen molar-refractivity contribution in [3.63, 3.8) is 0 Å². The van der Waals surface area contributed by atoms with E-state index in [0.717, 1.165) is 6.54 Å². The van der Waals surface area contributed by atoms with Gasteiger partial charge in [-0.3, -0.25) is 4.79 Å². The number of carbonyl (C=O) groups excluding carboxylic acids is 1. The number of esters is 1. The minimum atomic E-state index is -0.358. The van der Waals surface area contributed by atoms with E-state index in [1.807, 2.05) is 27.7 Å². The van der Waals surface area contributed by atoms with E-state index in [1.165, 1.54) is 0 Å². The van der Waals surface area contributed by atoms with Crippen molar-refractivity contribution in [1.29, 1.82) is 0 Å². The highest BCUT2D eigenvalue weighted by molar-refractivity contribution is 5.70. The number of carbonyl (C=O) groups is 1. The van der Waals surface area contributed by atoms with Gasteiger partial charge in [0.2, 0.25) is 0 Å². The minimum Gasteiger partial charge on any atom is -0.460 e. The van der Waals surface area contributed by atoms with Gasteiger partial charge in [0.1, 0.15) is 5.60 Å². The summed E-state index contributed by atoms with van der Waals surface area (Å²) in [7, 11) is 0. The van der Waals surface area contributed by atoms with E-state index in [2.05, 4.69) is 5.32 Å². The van der Waals surface area contributed by atoms with Gasteiger partial charge in [-0.15, -0.1) is 0 Å². The average molecular weight is 173 g/mol. The zero-order chi connectivity index (χ0) is 9.61. The number of hydrogen-bond acceptors (Lipinski definition) is 3. The topological polar surface area (TPSA) is 38.3 Å². The molecule has 0 aromatic heterocycles. The Morgan fingerprint density at radius 1 is 1.42 bits per heavy atom. The maximum Gasteiger partial charge on any atom is 0.307 e. The summed E-state index contributed by atoms with van der Waals surface area (Å²) in [5, 5.41) is 3.06. The van der Waals surface area contributed by atoms with Crippen molar-refractivity contribution < 1.29 is 9.53 Å². The zero-order valence-electron chi connectivity index (χ0n) is 8.44. The van der Waals surface area contributed by atoms with Crippen LogP contribution in [0.1, 0.15) is 34.1 Å². The third kappa shape index (κ3) is 7.54. The van der Waals surface area contributed by atoms with Crippen LogP contribution < -0.4 is 5.32 Å². The number of nitrogens with one attached hydrogen (secondary N) is 1. The van der Waals surface area contributed by atoms with E-state index >= 15 is 0 Å². The normalized spacial score (nSPS) is 11.3. The Balaban J connectivity index is 3.47. The predicted molar refractivity (Wildman–Crippen MR) is 49.0 cm³/mol. The second kappa shape index (κ2) is 5.14. The van der Waals surface area contributed by atoms with Crippen LogP contribution in [0, 0.1) is 0 Å². The fourth-order valence-corrected chi connectivity index (χ4v) is 0.760. The van der Waals surface area contributed by atoms with Gasteiger partial charge in [-0.1, -0.05) is 6.92 Å². The maximum absolute atomic E-state index is 11.1. The molecule has 3 heteroatoms. The third-order valence-electron chi connectivity index (χ3n) is 1.18. The third-order valence-corrected chi connectivity index (χ3v) is 1.18. The Hall–Kier alpha value is -0.570. The molecule has 0 aliphatic rings. The highest BCUT2D eigenvalue weighted by atomic mass is 16.6. The van der Waals surface area contributed by atoms with Crippen molar-refractivity contribution in [3.8, 4) is 0 Å². The lowest BCUT2D eigenvalue weighted by Crippen LogP contribution is -2.26. The van der Waals surface area contributed by atoms with Gasteiger partial charge >= 0.3 is 5.97 Å². The molecule has 0 rings (SSSR count). The van der Waals surface area contributed by atoms with Crippen molar-refractivity contribution in [1.82, 2.24) is 5.32 Å². The lowest BCUT2D eigenvalue weighted by molar-refractivity contribution is -0.154. The molecule has 0 aliphatic carbocycles. The Morgan fingerprint density at radius 3 is 2.42 bits per heavy atom. The molecule has 0 fully saturated rings. The largest absolute Gasteiger partial charge is 0.460 e. The van der Waals surface area contributed by atoms with Crippen LogP contribution in [0.25, 0.3) is 0 Å². The Kier molecular flexibility index (Phi) is 4.90. The van der Waals surface area contributed by atoms with Gasteiger partial charge in [0.05, 0.1) is 6.42 Å². The average Bonchev–Trinajstić information content (AvgIpc) is 1.84. The molecule has 0 saturated carbocycles. The first-order chi connectivity index (χ1) is 5.45. The molecule has 0 spiro atoms. The molecule has 0 atom stereocenters. The summed E-state index contributed by atoms with van der Waals surface area (Å²) >= 11 is 0. The summed E-state index contributed by atoms with van der Waals surface area (Å²) in [5.74, 6) is -0.136. The van der Waals surface area contributed by atoms with Gasteiger partial charge < -0.3 is 10.1 Å². The van der Waals surface area contributed by atoms with Crippen LogP contribution in [0.3, 0.4) is 0 Å². The lowest BCUT2D eigenvalue weighted by atomic mass is 10.2. The molecular weight excluding hydrogens is 154 g/mol. The fourth-order valence-electron chi connectivity index (χ4n) is 0.760. The lowest BCUT2D eigenvalue weighted by Gasteiger charge is -2.19. The number of rotatable bonds is 4. The van der Waals surface area contributed by atoms with Gasteiger partial charge in [-0.2, -0.15) is 0 Å². The van der Waals surface area contributed by atoms with Crippen molar-refractivity contribution in [3.05, 3.63) is 0 Å². The van der Waals surface area contributed by atoms with Crippen LogP contribution in [-0.2, 0) is 9.53 Å². The van der Waals surface area contributed by atoms with Crippen molar-refractivity contribution in [2.24, 2.45) is 0 Å². The predicted octanol–water partition coefficient (Wildman–Crippen LogP) is 1.33. The molecule has 0 radical (unpaired) electrons. The number of ether oxygens (including phenoxy) is 1. The van der Waals surface area contributed by atoms with Gasteiger partial charge in [0.25, 0.3) is 0 Å². The summed E-state index contributed by atoms with van der Waals surface area (Å²) in [5.41, 5.74) is -0.358. The molecule has 0 aliphatic heterocycles. The molecule has 0 aromatic carbocycles. The molecule has 0 amide bonds. The first kappa shape index (κ1) is 11.4. The maximum atomic E-state index is 11.1. The molecular formula is C9H19NO2. The van der Waals surface area contributed by atoms with E-state index < -0.39 is 0 Å². The molecule has 72 valence electrons. The monoisotopic (exact) mass is 173 g/mol. The second-order valence-corrected chi connectivity index (χ2v) is 3.69. The van der Waals surface area contributed by atoms with E-state index in [1.54, 1.807) is 0 Å². The highest BCUT2D eigenvalue weighted by Crippen LogP contribution is 2.07. The summed E-state index contributed by atoms with van der Waals surface area (Å²) in [6.07, 6.45) is 0.450. The summed E-state index contributed by atoms with van der Waals surface area (Å²) in [6.45, 7) is 9.22. The summed E-state index contributed by atoms with van der Waals surface area (Å²) in [6, 6.07) is 0. The molecule has 1 N–H and O–H groups in total. The molecule has 3 nitrogen and oxygen atoms in total. The molecule has 12 heavy (non-hydrogen) atoms. The fraction of sp³-hybridized carbons (Fsp3) is 0.889. The Bertz CT molecular complexity index is 138.